The van der Waals surface area contributed by atoms with E-state index in [9.17, 15) is 13.2 Å². The van der Waals surface area contributed by atoms with Gasteiger partial charge in [0, 0.05) is 30.1 Å². The Morgan fingerprint density at radius 1 is 1.25 bits per heavy atom. The molecule has 0 radical (unpaired) electrons. The summed E-state index contributed by atoms with van der Waals surface area (Å²) in [5, 5.41) is 12.2. The molecule has 3 aromatic rings. The summed E-state index contributed by atoms with van der Waals surface area (Å²) < 4.78 is 39.6. The first-order valence-electron chi connectivity index (χ1n) is 8.85. The van der Waals surface area contributed by atoms with Crippen LogP contribution in [0.15, 0.2) is 36.8 Å². The molecule has 1 fully saturated rings. The van der Waals surface area contributed by atoms with Crippen LogP contribution in [0.5, 0.6) is 0 Å². The molecule has 0 spiro atoms. The van der Waals surface area contributed by atoms with Crippen LogP contribution in [0.3, 0.4) is 0 Å². The summed E-state index contributed by atoms with van der Waals surface area (Å²) >= 11 is 0. The number of benzene rings is 1. The molecule has 1 aliphatic carbocycles. The normalized spacial score (nSPS) is 15.5. The number of halogens is 3. The van der Waals surface area contributed by atoms with E-state index in [1.54, 1.807) is 0 Å². The Balaban J connectivity index is 1.58. The van der Waals surface area contributed by atoms with Crippen molar-refractivity contribution >= 4 is 28.3 Å². The van der Waals surface area contributed by atoms with Crippen molar-refractivity contribution in [3.05, 3.63) is 47.9 Å². The predicted octanol–water partition coefficient (Wildman–Crippen LogP) is 3.91. The van der Waals surface area contributed by atoms with Gasteiger partial charge in [-0.2, -0.15) is 13.2 Å². The van der Waals surface area contributed by atoms with Crippen LogP contribution in [0.1, 0.15) is 24.0 Å². The number of nitrogens with one attached hydrogen (secondary N) is 3. The number of aromatic amines is 1. The van der Waals surface area contributed by atoms with E-state index >= 15 is 0 Å². The Kier molecular flexibility index (Phi) is 4.24. The number of nitrogens with two attached hydrogens (primary N) is 1. The topological polar surface area (TPSA) is 103 Å². The van der Waals surface area contributed by atoms with Crippen molar-refractivity contribution in [2.45, 2.75) is 25.4 Å². The van der Waals surface area contributed by atoms with Crippen LogP contribution in [-0.4, -0.2) is 33.4 Å². The van der Waals surface area contributed by atoms with Crippen LogP contribution in [0.4, 0.5) is 24.8 Å². The van der Waals surface area contributed by atoms with Gasteiger partial charge in [0.15, 0.2) is 0 Å². The van der Waals surface area contributed by atoms with Crippen molar-refractivity contribution in [2.24, 2.45) is 5.41 Å². The highest BCUT2D eigenvalue weighted by Gasteiger charge is 2.62. The molecule has 0 unspecified atom stereocenters. The summed E-state index contributed by atoms with van der Waals surface area (Å²) in [4.78, 5) is 11.1. The second kappa shape index (κ2) is 6.50. The lowest BCUT2D eigenvalue weighted by Crippen LogP contribution is -2.32. The van der Waals surface area contributed by atoms with Crippen LogP contribution >= 0.6 is 0 Å². The van der Waals surface area contributed by atoms with Crippen molar-refractivity contribution < 1.29 is 13.2 Å². The Morgan fingerprint density at radius 2 is 2.00 bits per heavy atom. The first-order chi connectivity index (χ1) is 13.3. The Hall–Kier alpha value is -3.10. The number of H-pyrrole nitrogens is 1. The van der Waals surface area contributed by atoms with Crippen molar-refractivity contribution in [3.8, 4) is 0 Å². The van der Waals surface area contributed by atoms with Gasteiger partial charge in [-0.1, -0.05) is 18.2 Å². The summed E-state index contributed by atoms with van der Waals surface area (Å²) in [6, 6.07) is 7.69. The minimum absolute atomic E-state index is 0.0687. The molecule has 2 aromatic heterocycles. The lowest BCUT2D eigenvalue weighted by Gasteiger charge is -2.21. The summed E-state index contributed by atoms with van der Waals surface area (Å²) in [6.45, 7) is -0.291. The average molecular weight is 388 g/mol. The van der Waals surface area contributed by atoms with E-state index in [0.29, 0.717) is 0 Å². The van der Waals surface area contributed by atoms with E-state index in [-0.39, 0.29) is 48.7 Å². The van der Waals surface area contributed by atoms with Gasteiger partial charge in [-0.05, 0) is 24.5 Å². The van der Waals surface area contributed by atoms with Gasteiger partial charge in [0.2, 0.25) is 0 Å². The smallest absolute Gasteiger partial charge is 0.383 e. The van der Waals surface area contributed by atoms with Gasteiger partial charge in [0.25, 0.3) is 0 Å². The summed E-state index contributed by atoms with van der Waals surface area (Å²) in [5.74, 6) is 0.229. The number of nitrogens with zero attached hydrogens (tertiary/aromatic N) is 2. The Bertz CT molecular complexity index is 1040. The van der Waals surface area contributed by atoms with Crippen molar-refractivity contribution in [2.75, 3.05) is 17.6 Å². The number of fused-ring (bicyclic) bond motifs is 1. The predicted molar refractivity (Wildman–Crippen MR) is 101 cm³/mol. The minimum atomic E-state index is -4.27. The second-order valence-corrected chi connectivity index (χ2v) is 7.13. The van der Waals surface area contributed by atoms with E-state index in [4.69, 9.17) is 11.1 Å². The molecular weight excluding hydrogens is 369 g/mol. The van der Waals surface area contributed by atoms with Crippen molar-refractivity contribution in [1.29, 1.82) is 5.41 Å². The van der Waals surface area contributed by atoms with Gasteiger partial charge in [-0.25, -0.2) is 9.97 Å². The fourth-order valence-electron chi connectivity index (χ4n) is 3.35. The molecule has 6 nitrogen and oxygen atoms in total. The Morgan fingerprint density at radius 3 is 2.71 bits per heavy atom. The monoisotopic (exact) mass is 388 g/mol. The summed E-state index contributed by atoms with van der Waals surface area (Å²) in [6.07, 6.45) is -0.836. The van der Waals surface area contributed by atoms with E-state index in [2.05, 4.69) is 20.3 Å². The second-order valence-electron chi connectivity index (χ2n) is 7.13. The molecule has 0 atom stereocenters. The number of hydrogen-bond acceptors (Lipinski definition) is 5. The lowest BCUT2D eigenvalue weighted by molar-refractivity contribution is -0.182. The van der Waals surface area contributed by atoms with Crippen molar-refractivity contribution in [3.63, 3.8) is 0 Å². The number of para-hydroxylation sites is 1. The largest absolute Gasteiger partial charge is 0.396 e. The van der Waals surface area contributed by atoms with E-state index in [1.807, 2.05) is 30.5 Å². The maximum absolute atomic E-state index is 13.2. The first kappa shape index (κ1) is 18.3. The minimum Gasteiger partial charge on any atom is -0.383 e. The number of nitrogen functional groups attached to an aromatic ring is 1. The van der Waals surface area contributed by atoms with E-state index in [1.165, 1.54) is 6.33 Å². The highest BCUT2D eigenvalue weighted by Crippen LogP contribution is 2.57. The molecule has 146 valence electrons. The van der Waals surface area contributed by atoms with Gasteiger partial charge in [0.05, 0.1) is 16.7 Å². The van der Waals surface area contributed by atoms with Gasteiger partial charge in [-0.15, -0.1) is 0 Å². The quantitative estimate of drug-likeness (QED) is 0.481. The standard InChI is InChI=1S/C19H19F3N6/c20-19(21,22)18(5-6-18)9-26-17-15(16(24)27-10-28-17)13(23)7-11-8-25-14-4-2-1-3-12(11)14/h1-4,8,10,23,25H,5-7,9H2,(H3,24,26,27,28). The number of alkyl halides is 3. The molecule has 5 N–H and O–H groups in total. The SMILES string of the molecule is N=C(Cc1c[nH]c2ccccc12)c1c(N)ncnc1NCC1(C(F)(F)F)CC1. The van der Waals surface area contributed by atoms with Crippen LogP contribution in [0, 0.1) is 10.8 Å². The van der Waals surface area contributed by atoms with Crippen molar-refractivity contribution in [1.82, 2.24) is 15.0 Å². The zero-order chi connectivity index (χ0) is 19.9. The third-order valence-electron chi connectivity index (χ3n) is 5.27. The van der Waals surface area contributed by atoms with Gasteiger partial charge in [0.1, 0.15) is 18.0 Å². The fraction of sp³-hybridized carbons (Fsp3) is 0.316. The molecule has 9 heteroatoms. The summed E-state index contributed by atoms with van der Waals surface area (Å²) in [5.41, 5.74) is 6.44. The van der Waals surface area contributed by atoms with Gasteiger partial charge in [-0.3, -0.25) is 0 Å². The molecule has 28 heavy (non-hydrogen) atoms. The number of anilines is 2. The van der Waals surface area contributed by atoms with Gasteiger partial charge >= 0.3 is 6.18 Å². The molecular formula is C19H19F3N6. The number of hydrogen-bond donors (Lipinski definition) is 4. The highest BCUT2D eigenvalue weighted by molar-refractivity contribution is 6.08. The van der Waals surface area contributed by atoms with E-state index < -0.39 is 11.6 Å². The maximum Gasteiger partial charge on any atom is 0.396 e. The highest BCUT2D eigenvalue weighted by atomic mass is 19.4. The molecule has 2 heterocycles. The van der Waals surface area contributed by atoms with Gasteiger partial charge < -0.3 is 21.4 Å². The molecule has 0 bridgehead atoms. The molecule has 1 aromatic carbocycles. The van der Waals surface area contributed by atoms with Crippen LogP contribution in [0.2, 0.25) is 0 Å². The lowest BCUT2D eigenvalue weighted by atomic mass is 10.0. The third kappa shape index (κ3) is 3.17. The Labute approximate surface area is 158 Å². The molecule has 0 amide bonds. The zero-order valence-corrected chi connectivity index (χ0v) is 14.9. The van der Waals surface area contributed by atoms with E-state index in [0.717, 1.165) is 16.5 Å². The fourth-order valence-corrected chi connectivity index (χ4v) is 3.35. The molecule has 1 saturated carbocycles. The third-order valence-corrected chi connectivity index (χ3v) is 5.27. The summed E-state index contributed by atoms with van der Waals surface area (Å²) in [7, 11) is 0. The number of rotatable bonds is 6. The average Bonchev–Trinajstić information content (AvgIpc) is 3.36. The molecule has 4 rings (SSSR count). The number of aromatic nitrogens is 3. The van der Waals surface area contributed by atoms with Crippen LogP contribution in [-0.2, 0) is 6.42 Å². The zero-order valence-electron chi connectivity index (χ0n) is 14.9. The van der Waals surface area contributed by atoms with Crippen LogP contribution in [0.25, 0.3) is 10.9 Å². The first-order valence-corrected chi connectivity index (χ1v) is 8.85. The molecule has 0 saturated heterocycles. The van der Waals surface area contributed by atoms with Crippen LogP contribution < -0.4 is 11.1 Å². The molecule has 1 aliphatic rings. The molecule has 0 aliphatic heterocycles. The maximum atomic E-state index is 13.2.